The molecule has 0 bridgehead atoms. The monoisotopic (exact) mass is 140 g/mol. The van der Waals surface area contributed by atoms with Crippen molar-refractivity contribution in [3.63, 3.8) is 0 Å². The lowest BCUT2D eigenvalue weighted by atomic mass is 9.83. The van der Waals surface area contributed by atoms with Gasteiger partial charge in [0.05, 0.1) is 0 Å². The molecule has 0 radical (unpaired) electrons. The van der Waals surface area contributed by atoms with E-state index in [9.17, 15) is 0 Å². The molecule has 10 heavy (non-hydrogen) atoms. The molecule has 1 unspecified atom stereocenters. The highest BCUT2D eigenvalue weighted by Crippen LogP contribution is 2.55. The van der Waals surface area contributed by atoms with Gasteiger partial charge in [0.1, 0.15) is 0 Å². The predicted octanol–water partition coefficient (Wildman–Crippen LogP) is 0.335. The van der Waals surface area contributed by atoms with Crippen LogP contribution in [0.2, 0.25) is 0 Å². The highest BCUT2D eigenvalue weighted by molar-refractivity contribution is 5.01. The second-order valence-corrected chi connectivity index (χ2v) is 3.75. The molecule has 1 aliphatic carbocycles. The fourth-order valence-electron chi connectivity index (χ4n) is 2.19. The molecular formula is C8H16N2. The Balaban J connectivity index is 2.01. The summed E-state index contributed by atoms with van der Waals surface area (Å²) < 4.78 is 0. The molecule has 1 heterocycles. The van der Waals surface area contributed by atoms with Crippen LogP contribution in [-0.4, -0.2) is 19.6 Å². The Labute approximate surface area is 62.2 Å². The first kappa shape index (κ1) is 6.62. The topological polar surface area (TPSA) is 38.0 Å². The fourth-order valence-corrected chi connectivity index (χ4v) is 2.19. The van der Waals surface area contributed by atoms with Crippen molar-refractivity contribution in [2.45, 2.75) is 19.3 Å². The van der Waals surface area contributed by atoms with Gasteiger partial charge in [0.25, 0.3) is 0 Å². The van der Waals surface area contributed by atoms with Gasteiger partial charge in [-0.15, -0.1) is 0 Å². The van der Waals surface area contributed by atoms with Crippen molar-refractivity contribution >= 4 is 0 Å². The molecule has 58 valence electrons. The lowest BCUT2D eigenvalue weighted by molar-refractivity contribution is 0.237. The van der Waals surface area contributed by atoms with E-state index in [0.29, 0.717) is 5.41 Å². The van der Waals surface area contributed by atoms with Crippen molar-refractivity contribution in [2.24, 2.45) is 17.1 Å². The van der Waals surface area contributed by atoms with Crippen LogP contribution < -0.4 is 11.1 Å². The molecule has 1 saturated carbocycles. The molecule has 1 spiro atoms. The zero-order valence-corrected chi connectivity index (χ0v) is 6.40. The molecule has 0 aromatic rings. The third kappa shape index (κ3) is 0.867. The molecule has 2 aliphatic rings. The molecule has 2 fully saturated rings. The summed E-state index contributed by atoms with van der Waals surface area (Å²) in [6.07, 6.45) is 4.25. The van der Waals surface area contributed by atoms with E-state index in [0.717, 1.165) is 19.0 Å². The first-order valence-electron chi connectivity index (χ1n) is 4.28. The minimum atomic E-state index is 0.708. The molecule has 1 aliphatic heterocycles. The van der Waals surface area contributed by atoms with Gasteiger partial charge in [-0.2, -0.15) is 0 Å². The number of nitrogens with one attached hydrogen (secondary N) is 1. The average Bonchev–Trinajstić information content (AvgIpc) is 2.71. The molecule has 3 N–H and O–H groups in total. The Morgan fingerprint density at radius 1 is 1.40 bits per heavy atom. The van der Waals surface area contributed by atoms with Crippen LogP contribution in [0.25, 0.3) is 0 Å². The van der Waals surface area contributed by atoms with Crippen LogP contribution in [0.1, 0.15) is 19.3 Å². The molecule has 1 saturated heterocycles. The second kappa shape index (κ2) is 2.21. The van der Waals surface area contributed by atoms with Crippen LogP contribution in [0, 0.1) is 11.3 Å². The van der Waals surface area contributed by atoms with Gasteiger partial charge in [0, 0.05) is 0 Å². The van der Waals surface area contributed by atoms with Gasteiger partial charge in [-0.1, -0.05) is 0 Å². The van der Waals surface area contributed by atoms with Crippen LogP contribution in [0.3, 0.4) is 0 Å². The largest absolute Gasteiger partial charge is 0.330 e. The van der Waals surface area contributed by atoms with Crippen molar-refractivity contribution in [1.82, 2.24) is 5.32 Å². The van der Waals surface area contributed by atoms with Crippen molar-refractivity contribution in [2.75, 3.05) is 19.6 Å². The summed E-state index contributed by atoms with van der Waals surface area (Å²) in [7, 11) is 0. The van der Waals surface area contributed by atoms with Gasteiger partial charge in [-0.25, -0.2) is 0 Å². The van der Waals surface area contributed by atoms with E-state index in [-0.39, 0.29) is 0 Å². The third-order valence-electron chi connectivity index (χ3n) is 3.23. The first-order valence-corrected chi connectivity index (χ1v) is 4.28. The van der Waals surface area contributed by atoms with Crippen LogP contribution >= 0.6 is 0 Å². The van der Waals surface area contributed by atoms with E-state index >= 15 is 0 Å². The lowest BCUT2D eigenvalue weighted by Crippen LogP contribution is -2.41. The minimum Gasteiger partial charge on any atom is -0.330 e. The fraction of sp³-hybridized carbons (Fsp3) is 1.00. The molecular weight excluding hydrogens is 124 g/mol. The van der Waals surface area contributed by atoms with Gasteiger partial charge in [-0.3, -0.25) is 0 Å². The molecule has 0 aromatic carbocycles. The number of hydrogen-bond acceptors (Lipinski definition) is 2. The minimum absolute atomic E-state index is 0.708. The van der Waals surface area contributed by atoms with Crippen LogP contribution in [-0.2, 0) is 0 Å². The zero-order chi connectivity index (χ0) is 7.03. The smallest absolute Gasteiger partial charge is 0.000312 e. The maximum Gasteiger partial charge on any atom is -0.000312 e. The summed E-state index contributed by atoms with van der Waals surface area (Å²) in [4.78, 5) is 0. The average molecular weight is 140 g/mol. The summed E-state index contributed by atoms with van der Waals surface area (Å²) in [6, 6.07) is 0. The van der Waals surface area contributed by atoms with Crippen LogP contribution in [0.4, 0.5) is 0 Å². The number of hydrogen-bond donors (Lipinski definition) is 2. The highest BCUT2D eigenvalue weighted by Gasteiger charge is 2.49. The van der Waals surface area contributed by atoms with E-state index in [4.69, 9.17) is 5.73 Å². The molecule has 0 aromatic heterocycles. The van der Waals surface area contributed by atoms with Gasteiger partial charge in [0.15, 0.2) is 0 Å². The summed E-state index contributed by atoms with van der Waals surface area (Å²) in [5.41, 5.74) is 6.39. The Morgan fingerprint density at radius 3 is 2.70 bits per heavy atom. The van der Waals surface area contributed by atoms with Crippen molar-refractivity contribution in [3.8, 4) is 0 Å². The highest BCUT2D eigenvalue weighted by atomic mass is 14.9. The van der Waals surface area contributed by atoms with Crippen molar-refractivity contribution in [1.29, 1.82) is 0 Å². The molecule has 0 amide bonds. The summed E-state index contributed by atoms with van der Waals surface area (Å²) in [5.74, 6) is 0.779. The normalized spacial score (nSPS) is 36.3. The number of rotatable bonds is 1. The quantitative estimate of drug-likeness (QED) is 0.551. The first-order chi connectivity index (χ1) is 4.87. The molecule has 1 atom stereocenters. The maximum absolute atomic E-state index is 5.68. The van der Waals surface area contributed by atoms with E-state index in [1.165, 1.54) is 25.8 Å². The van der Waals surface area contributed by atoms with Crippen LogP contribution in [0.15, 0.2) is 0 Å². The maximum atomic E-state index is 5.68. The molecule has 2 nitrogen and oxygen atoms in total. The Hall–Kier alpha value is -0.0800. The van der Waals surface area contributed by atoms with Gasteiger partial charge in [0.2, 0.25) is 0 Å². The zero-order valence-electron chi connectivity index (χ0n) is 6.40. The number of nitrogens with two attached hydrogens (primary N) is 1. The summed E-state index contributed by atoms with van der Waals surface area (Å²) in [6.45, 7) is 3.26. The Kier molecular flexibility index (Phi) is 1.46. The summed E-state index contributed by atoms with van der Waals surface area (Å²) in [5, 5.41) is 3.40. The standard InChI is InChI=1S/C8H16N2/c9-5-7-6-10-4-3-8(7)1-2-8/h7,10H,1-6,9H2. The third-order valence-corrected chi connectivity index (χ3v) is 3.23. The molecule has 2 rings (SSSR count). The number of piperidine rings is 1. The Morgan fingerprint density at radius 2 is 2.20 bits per heavy atom. The molecule has 2 heteroatoms. The van der Waals surface area contributed by atoms with Gasteiger partial charge in [-0.05, 0) is 50.2 Å². The Bertz CT molecular complexity index is 129. The van der Waals surface area contributed by atoms with Gasteiger partial charge >= 0.3 is 0 Å². The van der Waals surface area contributed by atoms with Crippen LogP contribution in [0.5, 0.6) is 0 Å². The van der Waals surface area contributed by atoms with E-state index in [1.54, 1.807) is 0 Å². The predicted molar refractivity (Wildman–Crippen MR) is 41.7 cm³/mol. The van der Waals surface area contributed by atoms with E-state index < -0.39 is 0 Å². The summed E-state index contributed by atoms with van der Waals surface area (Å²) >= 11 is 0. The van der Waals surface area contributed by atoms with E-state index in [1.807, 2.05) is 0 Å². The lowest BCUT2D eigenvalue weighted by Gasteiger charge is -2.31. The SMILES string of the molecule is NCC1CNCCC12CC2. The van der Waals surface area contributed by atoms with Gasteiger partial charge < -0.3 is 11.1 Å². The second-order valence-electron chi connectivity index (χ2n) is 3.75. The van der Waals surface area contributed by atoms with Crippen molar-refractivity contribution < 1.29 is 0 Å². The van der Waals surface area contributed by atoms with E-state index in [2.05, 4.69) is 5.32 Å². The van der Waals surface area contributed by atoms with Crippen molar-refractivity contribution in [3.05, 3.63) is 0 Å².